The first-order chi connectivity index (χ1) is 14.5. The molecule has 1 N–H and O–H groups in total. The Morgan fingerprint density at radius 2 is 2.17 bits per heavy atom. The smallest absolute Gasteiger partial charge is 0.237 e. The monoisotopic (exact) mass is 428 g/mol. The standard InChI is InChI=1S/C24H32N2O3S/c1-4-12-25(15-19(27)5-2)16-24(28)26-13-10-23-21(11-14-30-23)22(26)17-29-20-8-6-18(3)7-9-20/h4,6-9,11,14,19,22,27H,1,5,10,12-13,15-17H2,2-3H3/t19-,22+/m1/s1. The number of carbonyl (C=O) groups is 1. The maximum absolute atomic E-state index is 13.3. The number of fused-ring (bicyclic) bond motifs is 1. The van der Waals surface area contributed by atoms with Crippen LogP contribution in [0.25, 0.3) is 0 Å². The van der Waals surface area contributed by atoms with E-state index < -0.39 is 6.10 Å². The Kier molecular flexibility index (Phi) is 8.08. The molecule has 1 aliphatic heterocycles. The van der Waals surface area contributed by atoms with Gasteiger partial charge in [0.15, 0.2) is 0 Å². The van der Waals surface area contributed by atoms with Crippen molar-refractivity contribution in [2.45, 2.75) is 38.8 Å². The van der Waals surface area contributed by atoms with Crippen LogP contribution in [0.4, 0.5) is 0 Å². The minimum Gasteiger partial charge on any atom is -0.491 e. The highest BCUT2D eigenvalue weighted by molar-refractivity contribution is 7.10. The molecular formula is C24H32N2O3S. The third-order valence-corrected chi connectivity index (χ3v) is 6.53. The zero-order chi connectivity index (χ0) is 21.5. The second kappa shape index (κ2) is 10.8. The summed E-state index contributed by atoms with van der Waals surface area (Å²) in [6.07, 6.45) is 2.87. The highest BCUT2D eigenvalue weighted by Gasteiger charge is 2.32. The Labute approximate surface area is 183 Å². The summed E-state index contributed by atoms with van der Waals surface area (Å²) < 4.78 is 6.08. The van der Waals surface area contributed by atoms with Gasteiger partial charge in [-0.1, -0.05) is 30.7 Å². The SMILES string of the molecule is C=CCN(CC(=O)N1CCc2sccc2[C@@H]1COc1ccc(C)cc1)C[C@H](O)CC. The number of hydrogen-bond donors (Lipinski definition) is 1. The molecule has 162 valence electrons. The van der Waals surface area contributed by atoms with Crippen molar-refractivity contribution in [2.24, 2.45) is 0 Å². The Hall–Kier alpha value is -2.15. The van der Waals surface area contributed by atoms with Crippen LogP contribution < -0.4 is 4.74 Å². The van der Waals surface area contributed by atoms with Crippen LogP contribution in [-0.4, -0.2) is 59.7 Å². The van der Waals surface area contributed by atoms with Gasteiger partial charge in [-0.3, -0.25) is 9.69 Å². The molecule has 30 heavy (non-hydrogen) atoms. The fraction of sp³-hybridized carbons (Fsp3) is 0.458. The van der Waals surface area contributed by atoms with E-state index in [9.17, 15) is 9.90 Å². The topological polar surface area (TPSA) is 53.0 Å². The van der Waals surface area contributed by atoms with Crippen molar-refractivity contribution in [2.75, 3.05) is 32.8 Å². The molecule has 0 saturated heterocycles. The largest absolute Gasteiger partial charge is 0.491 e. The number of aryl methyl sites for hydroxylation is 1. The number of aliphatic hydroxyl groups is 1. The van der Waals surface area contributed by atoms with Crippen LogP contribution in [0.2, 0.25) is 0 Å². The minimum atomic E-state index is -0.441. The molecule has 6 heteroatoms. The quantitative estimate of drug-likeness (QED) is 0.585. The normalized spacial score (nSPS) is 16.9. The zero-order valence-electron chi connectivity index (χ0n) is 17.9. The van der Waals surface area contributed by atoms with Gasteiger partial charge in [0.2, 0.25) is 5.91 Å². The van der Waals surface area contributed by atoms with Crippen LogP contribution in [0.3, 0.4) is 0 Å². The van der Waals surface area contributed by atoms with E-state index in [1.165, 1.54) is 16.0 Å². The summed E-state index contributed by atoms with van der Waals surface area (Å²) in [5.41, 5.74) is 2.38. The molecule has 0 saturated carbocycles. The predicted molar refractivity (Wildman–Crippen MR) is 122 cm³/mol. The number of nitrogens with zero attached hydrogens (tertiary/aromatic N) is 2. The van der Waals surface area contributed by atoms with E-state index in [1.807, 2.05) is 47.9 Å². The number of aliphatic hydroxyl groups excluding tert-OH is 1. The molecule has 0 spiro atoms. The lowest BCUT2D eigenvalue weighted by atomic mass is 10.0. The van der Waals surface area contributed by atoms with Crippen molar-refractivity contribution in [3.05, 3.63) is 64.4 Å². The molecule has 0 unspecified atom stereocenters. The van der Waals surface area contributed by atoms with E-state index in [2.05, 4.69) is 18.0 Å². The van der Waals surface area contributed by atoms with Gasteiger partial charge >= 0.3 is 0 Å². The third kappa shape index (κ3) is 5.72. The zero-order valence-corrected chi connectivity index (χ0v) is 18.7. The number of ether oxygens (including phenoxy) is 1. The summed E-state index contributed by atoms with van der Waals surface area (Å²) in [6.45, 7) is 10.2. The molecule has 3 rings (SSSR count). The highest BCUT2D eigenvalue weighted by Crippen LogP contribution is 2.34. The average Bonchev–Trinajstić information content (AvgIpc) is 3.22. The van der Waals surface area contributed by atoms with Crippen LogP contribution >= 0.6 is 11.3 Å². The van der Waals surface area contributed by atoms with Crippen molar-refractivity contribution in [1.82, 2.24) is 9.80 Å². The molecule has 0 aliphatic carbocycles. The van der Waals surface area contributed by atoms with Gasteiger partial charge in [0, 0.05) is 24.5 Å². The minimum absolute atomic E-state index is 0.0644. The number of carbonyl (C=O) groups excluding carboxylic acids is 1. The maximum Gasteiger partial charge on any atom is 0.237 e. The second-order valence-corrected chi connectivity index (χ2v) is 8.82. The molecule has 1 amide bonds. The van der Waals surface area contributed by atoms with Gasteiger partial charge in [0.05, 0.1) is 18.7 Å². The number of hydrogen-bond acceptors (Lipinski definition) is 5. The molecule has 2 atom stereocenters. The first kappa shape index (κ1) is 22.5. The number of benzene rings is 1. The Bertz CT molecular complexity index is 833. The summed E-state index contributed by atoms with van der Waals surface area (Å²) in [5, 5.41) is 12.1. The molecule has 5 nitrogen and oxygen atoms in total. The Morgan fingerprint density at radius 1 is 1.40 bits per heavy atom. The maximum atomic E-state index is 13.3. The van der Waals surface area contributed by atoms with Crippen LogP contribution in [0, 0.1) is 6.92 Å². The van der Waals surface area contributed by atoms with E-state index >= 15 is 0 Å². The van der Waals surface area contributed by atoms with Gasteiger partial charge in [-0.15, -0.1) is 17.9 Å². The molecule has 2 aromatic rings. The van der Waals surface area contributed by atoms with Gasteiger partial charge < -0.3 is 14.7 Å². The summed E-state index contributed by atoms with van der Waals surface area (Å²) in [5.74, 6) is 0.879. The lowest BCUT2D eigenvalue weighted by molar-refractivity contribution is -0.136. The van der Waals surface area contributed by atoms with Crippen molar-refractivity contribution >= 4 is 17.2 Å². The van der Waals surface area contributed by atoms with E-state index in [0.717, 1.165) is 12.2 Å². The third-order valence-electron chi connectivity index (χ3n) is 5.53. The summed E-state index contributed by atoms with van der Waals surface area (Å²) in [4.78, 5) is 18.5. The van der Waals surface area contributed by atoms with Gasteiger partial charge in [0.1, 0.15) is 12.4 Å². The second-order valence-electron chi connectivity index (χ2n) is 7.82. The van der Waals surface area contributed by atoms with Gasteiger partial charge in [0.25, 0.3) is 0 Å². The van der Waals surface area contributed by atoms with Gasteiger partial charge in [-0.05, 0) is 48.9 Å². The van der Waals surface area contributed by atoms with Crippen molar-refractivity contribution in [3.8, 4) is 5.75 Å². The van der Waals surface area contributed by atoms with Crippen molar-refractivity contribution in [1.29, 1.82) is 0 Å². The summed E-state index contributed by atoms with van der Waals surface area (Å²) in [7, 11) is 0. The van der Waals surface area contributed by atoms with Crippen LogP contribution in [0.5, 0.6) is 5.75 Å². The summed E-state index contributed by atoms with van der Waals surface area (Å²) in [6, 6.07) is 10.0. The molecule has 1 aromatic carbocycles. The lowest BCUT2D eigenvalue weighted by Crippen LogP contribution is -2.47. The number of rotatable bonds is 10. The Morgan fingerprint density at radius 3 is 2.87 bits per heavy atom. The fourth-order valence-electron chi connectivity index (χ4n) is 3.78. The number of amides is 1. The van der Waals surface area contributed by atoms with E-state index in [4.69, 9.17) is 4.74 Å². The van der Waals surface area contributed by atoms with E-state index in [-0.39, 0.29) is 18.5 Å². The van der Waals surface area contributed by atoms with Crippen LogP contribution in [0.1, 0.15) is 35.4 Å². The van der Waals surface area contributed by atoms with Crippen molar-refractivity contribution < 1.29 is 14.6 Å². The first-order valence-corrected chi connectivity index (χ1v) is 11.5. The molecule has 0 bridgehead atoms. The predicted octanol–water partition coefficient (Wildman–Crippen LogP) is 3.82. The van der Waals surface area contributed by atoms with Crippen LogP contribution in [-0.2, 0) is 11.2 Å². The highest BCUT2D eigenvalue weighted by atomic mass is 32.1. The van der Waals surface area contributed by atoms with E-state index in [1.54, 1.807) is 17.4 Å². The van der Waals surface area contributed by atoms with Crippen LogP contribution in [0.15, 0.2) is 48.4 Å². The molecule has 1 aromatic heterocycles. The molecule has 1 aliphatic rings. The fourth-order valence-corrected chi connectivity index (χ4v) is 4.71. The Balaban J connectivity index is 1.72. The molecule has 0 radical (unpaired) electrons. The van der Waals surface area contributed by atoms with Gasteiger partial charge in [-0.2, -0.15) is 0 Å². The molecule has 2 heterocycles. The lowest BCUT2D eigenvalue weighted by Gasteiger charge is -2.37. The average molecular weight is 429 g/mol. The summed E-state index contributed by atoms with van der Waals surface area (Å²) >= 11 is 1.75. The molecular weight excluding hydrogens is 396 g/mol. The first-order valence-electron chi connectivity index (χ1n) is 10.6. The van der Waals surface area contributed by atoms with E-state index in [0.29, 0.717) is 32.7 Å². The number of thiophene rings is 1. The molecule has 0 fully saturated rings. The van der Waals surface area contributed by atoms with Gasteiger partial charge in [-0.25, -0.2) is 0 Å². The van der Waals surface area contributed by atoms with Crippen molar-refractivity contribution in [3.63, 3.8) is 0 Å².